The number of rotatable bonds is 7. The number of methoxy groups -OCH3 is 1. The third-order valence-corrected chi connectivity index (χ3v) is 3.77. The van der Waals surface area contributed by atoms with Crippen LogP contribution >= 0.6 is 0 Å². The van der Waals surface area contributed by atoms with Crippen LogP contribution in [0.4, 0.5) is 0 Å². The number of carbonyl (C=O) groups is 2. The van der Waals surface area contributed by atoms with Crippen LogP contribution in [0.25, 0.3) is 0 Å². The predicted molar refractivity (Wildman–Crippen MR) is 79.3 cm³/mol. The number of ether oxygens (including phenoxy) is 2. The fraction of sp³-hybridized carbons (Fsp3) is 0.500. The summed E-state index contributed by atoms with van der Waals surface area (Å²) < 4.78 is 10.6. The molecule has 1 aliphatic rings. The minimum absolute atomic E-state index is 0.174. The molecule has 2 rings (SSSR count). The zero-order valence-corrected chi connectivity index (χ0v) is 12.6. The van der Waals surface area contributed by atoms with E-state index < -0.39 is 12.0 Å². The molecule has 6 heteroatoms. The Kier molecular flexibility index (Phi) is 5.91. The highest BCUT2D eigenvalue weighted by molar-refractivity contribution is 5.84. The maximum Gasteiger partial charge on any atom is 0.326 e. The topological polar surface area (TPSA) is 76.1 Å². The van der Waals surface area contributed by atoms with E-state index in [9.17, 15) is 14.7 Å². The third-order valence-electron chi connectivity index (χ3n) is 3.77. The Bertz CT molecular complexity index is 505. The zero-order valence-electron chi connectivity index (χ0n) is 12.6. The fourth-order valence-electron chi connectivity index (χ4n) is 2.55. The number of nitrogens with zero attached hydrogens (tertiary/aromatic N) is 1. The van der Waals surface area contributed by atoms with E-state index in [1.54, 1.807) is 0 Å². The van der Waals surface area contributed by atoms with Crippen molar-refractivity contribution >= 4 is 11.9 Å². The van der Waals surface area contributed by atoms with Crippen molar-refractivity contribution in [3.63, 3.8) is 0 Å². The zero-order chi connectivity index (χ0) is 15.9. The Morgan fingerprint density at radius 3 is 2.68 bits per heavy atom. The summed E-state index contributed by atoms with van der Waals surface area (Å²) in [7, 11) is 1.53. The van der Waals surface area contributed by atoms with E-state index in [2.05, 4.69) is 0 Å². The number of amides is 1. The van der Waals surface area contributed by atoms with E-state index >= 15 is 0 Å². The van der Waals surface area contributed by atoms with E-state index in [1.807, 2.05) is 30.3 Å². The third kappa shape index (κ3) is 4.29. The summed E-state index contributed by atoms with van der Waals surface area (Å²) in [5.74, 6) is -1.20. The molecule has 1 heterocycles. The number of carboxylic acids is 1. The summed E-state index contributed by atoms with van der Waals surface area (Å²) in [5, 5.41) is 9.19. The Hall–Kier alpha value is -1.92. The van der Waals surface area contributed by atoms with Gasteiger partial charge < -0.3 is 19.5 Å². The first-order valence-corrected chi connectivity index (χ1v) is 7.28. The van der Waals surface area contributed by atoms with Crippen molar-refractivity contribution in [2.75, 3.05) is 20.3 Å². The van der Waals surface area contributed by atoms with E-state index in [0.717, 1.165) is 5.56 Å². The highest BCUT2D eigenvalue weighted by Crippen LogP contribution is 2.21. The minimum atomic E-state index is -0.988. The average molecular weight is 307 g/mol. The van der Waals surface area contributed by atoms with Crippen LogP contribution in [0.5, 0.6) is 0 Å². The van der Waals surface area contributed by atoms with E-state index in [-0.39, 0.29) is 25.0 Å². The molecule has 0 saturated carbocycles. The molecule has 1 fully saturated rings. The van der Waals surface area contributed by atoms with Crippen LogP contribution in [0.1, 0.15) is 18.4 Å². The summed E-state index contributed by atoms with van der Waals surface area (Å²) in [6.45, 7) is 1.04. The van der Waals surface area contributed by atoms with Crippen LogP contribution in [0, 0.1) is 0 Å². The van der Waals surface area contributed by atoms with Gasteiger partial charge in [0.25, 0.3) is 0 Å². The van der Waals surface area contributed by atoms with Gasteiger partial charge in [-0.25, -0.2) is 4.79 Å². The standard InChI is InChI=1S/C16H21NO5/c1-21-13-9-14(16(19)20)17(10-13)15(18)7-8-22-11-12-5-3-2-4-6-12/h2-6,13-14H,7-11H2,1H3,(H,19,20). The van der Waals surface area contributed by atoms with Crippen molar-refractivity contribution < 1.29 is 24.2 Å². The van der Waals surface area contributed by atoms with Crippen LogP contribution in [0.15, 0.2) is 30.3 Å². The maximum absolute atomic E-state index is 12.2. The van der Waals surface area contributed by atoms with Crippen molar-refractivity contribution in [3.05, 3.63) is 35.9 Å². The molecule has 1 aliphatic heterocycles. The SMILES string of the molecule is COC1CC(C(=O)O)N(C(=O)CCOCc2ccccc2)C1. The highest BCUT2D eigenvalue weighted by Gasteiger charge is 2.39. The molecule has 1 aromatic carbocycles. The molecule has 0 aromatic heterocycles. The van der Waals surface area contributed by atoms with Gasteiger partial charge in [-0.15, -0.1) is 0 Å². The quantitative estimate of drug-likeness (QED) is 0.768. The number of carboxylic acid groups (broad SMARTS) is 1. The van der Waals surface area contributed by atoms with Crippen LogP contribution in [0.3, 0.4) is 0 Å². The Balaban J connectivity index is 1.77. The maximum atomic E-state index is 12.2. The second kappa shape index (κ2) is 7.91. The van der Waals surface area contributed by atoms with Gasteiger partial charge in [0.05, 0.1) is 25.7 Å². The molecule has 1 aromatic rings. The molecule has 0 bridgehead atoms. The van der Waals surface area contributed by atoms with Crippen molar-refractivity contribution in [1.29, 1.82) is 0 Å². The van der Waals surface area contributed by atoms with Crippen LogP contribution in [-0.2, 0) is 25.7 Å². The highest BCUT2D eigenvalue weighted by atomic mass is 16.5. The molecule has 0 radical (unpaired) electrons. The molecule has 2 atom stereocenters. The number of aliphatic carboxylic acids is 1. The molecule has 0 aliphatic carbocycles. The first-order chi connectivity index (χ1) is 10.6. The largest absolute Gasteiger partial charge is 0.480 e. The van der Waals surface area contributed by atoms with Gasteiger partial charge in [0.2, 0.25) is 5.91 Å². The van der Waals surface area contributed by atoms with Crippen LogP contribution in [0.2, 0.25) is 0 Å². The Morgan fingerprint density at radius 1 is 1.32 bits per heavy atom. The molecule has 22 heavy (non-hydrogen) atoms. The lowest BCUT2D eigenvalue weighted by Gasteiger charge is -2.21. The van der Waals surface area contributed by atoms with E-state index in [1.165, 1.54) is 12.0 Å². The Morgan fingerprint density at radius 2 is 2.05 bits per heavy atom. The summed E-state index contributed by atoms with van der Waals surface area (Å²) in [5.41, 5.74) is 1.04. The summed E-state index contributed by atoms with van der Waals surface area (Å²) in [6, 6.07) is 8.88. The fourth-order valence-corrected chi connectivity index (χ4v) is 2.55. The van der Waals surface area contributed by atoms with Gasteiger partial charge in [0.1, 0.15) is 6.04 Å². The predicted octanol–water partition coefficient (Wildman–Crippen LogP) is 1.29. The number of likely N-dealkylation sites (tertiary alicyclic amines) is 1. The first kappa shape index (κ1) is 16.5. The van der Waals surface area contributed by atoms with E-state index in [0.29, 0.717) is 19.6 Å². The number of hydrogen-bond donors (Lipinski definition) is 1. The summed E-state index contributed by atoms with van der Waals surface area (Å²) in [4.78, 5) is 24.7. The molecule has 6 nitrogen and oxygen atoms in total. The monoisotopic (exact) mass is 307 g/mol. The van der Waals surface area contributed by atoms with Gasteiger partial charge >= 0.3 is 5.97 Å². The van der Waals surface area contributed by atoms with Gasteiger partial charge in [-0.3, -0.25) is 4.79 Å². The molecule has 1 saturated heterocycles. The van der Waals surface area contributed by atoms with Gasteiger partial charge in [0, 0.05) is 20.1 Å². The summed E-state index contributed by atoms with van der Waals surface area (Å²) in [6.07, 6.45) is 0.297. The Labute approximate surface area is 129 Å². The average Bonchev–Trinajstić information content (AvgIpc) is 2.97. The van der Waals surface area contributed by atoms with E-state index in [4.69, 9.17) is 9.47 Å². The lowest BCUT2D eigenvalue weighted by Crippen LogP contribution is -2.40. The number of benzene rings is 1. The molecule has 120 valence electrons. The molecule has 1 amide bonds. The number of hydrogen-bond acceptors (Lipinski definition) is 4. The smallest absolute Gasteiger partial charge is 0.326 e. The van der Waals surface area contributed by atoms with Gasteiger partial charge in [-0.05, 0) is 5.56 Å². The minimum Gasteiger partial charge on any atom is -0.480 e. The lowest BCUT2D eigenvalue weighted by molar-refractivity contribution is -0.148. The first-order valence-electron chi connectivity index (χ1n) is 7.28. The van der Waals surface area contributed by atoms with Crippen molar-refractivity contribution in [2.45, 2.75) is 31.6 Å². The summed E-state index contributed by atoms with van der Waals surface area (Å²) >= 11 is 0. The van der Waals surface area contributed by atoms with Crippen LogP contribution < -0.4 is 0 Å². The van der Waals surface area contributed by atoms with Gasteiger partial charge in [-0.1, -0.05) is 30.3 Å². The molecule has 0 spiro atoms. The lowest BCUT2D eigenvalue weighted by atomic mass is 10.2. The van der Waals surface area contributed by atoms with Gasteiger partial charge in [0.15, 0.2) is 0 Å². The normalized spacial score (nSPS) is 21.0. The van der Waals surface area contributed by atoms with Crippen molar-refractivity contribution in [1.82, 2.24) is 4.90 Å². The van der Waals surface area contributed by atoms with Crippen molar-refractivity contribution in [3.8, 4) is 0 Å². The second-order valence-electron chi connectivity index (χ2n) is 5.28. The molecule has 2 unspecified atom stereocenters. The van der Waals surface area contributed by atoms with Crippen LogP contribution in [-0.4, -0.2) is 54.3 Å². The second-order valence-corrected chi connectivity index (χ2v) is 5.28. The number of carbonyl (C=O) groups excluding carboxylic acids is 1. The molecular formula is C16H21NO5. The molecule has 1 N–H and O–H groups in total. The molecular weight excluding hydrogens is 286 g/mol. The van der Waals surface area contributed by atoms with Crippen molar-refractivity contribution in [2.24, 2.45) is 0 Å². The van der Waals surface area contributed by atoms with Gasteiger partial charge in [-0.2, -0.15) is 0 Å².